The third-order valence-electron chi connectivity index (χ3n) is 4.14. The number of nitrogens with one attached hydrogen (secondary N) is 1. The monoisotopic (exact) mass is 253 g/mol. The van der Waals surface area contributed by atoms with E-state index in [1.165, 1.54) is 19.4 Å². The molecule has 0 bridgehead atoms. The van der Waals surface area contributed by atoms with Crippen LogP contribution in [0.15, 0.2) is 0 Å². The van der Waals surface area contributed by atoms with Gasteiger partial charge in [-0.2, -0.15) is 0 Å². The largest absolute Gasteiger partial charge is 0.341 e. The van der Waals surface area contributed by atoms with Crippen molar-refractivity contribution >= 4 is 5.91 Å². The number of hydrogen-bond donors (Lipinski definition) is 1. The Morgan fingerprint density at radius 2 is 2.17 bits per heavy atom. The summed E-state index contributed by atoms with van der Waals surface area (Å²) < 4.78 is 0. The SMILES string of the molecule is CCCNC1CCN(CC2CCCN(C)C2)C1=O. The lowest BCUT2D eigenvalue weighted by Gasteiger charge is -2.32. The minimum absolute atomic E-state index is 0.0891. The summed E-state index contributed by atoms with van der Waals surface area (Å²) in [6, 6.07) is 0.0891. The van der Waals surface area contributed by atoms with Crippen LogP contribution in [0.4, 0.5) is 0 Å². The average Bonchev–Trinajstić information content (AvgIpc) is 2.69. The summed E-state index contributed by atoms with van der Waals surface area (Å²) in [7, 11) is 2.18. The first-order valence-corrected chi connectivity index (χ1v) is 7.41. The molecule has 2 atom stereocenters. The molecule has 0 saturated carbocycles. The van der Waals surface area contributed by atoms with E-state index in [1.807, 2.05) is 0 Å². The first-order chi connectivity index (χ1) is 8.70. The van der Waals surface area contributed by atoms with Gasteiger partial charge in [0.25, 0.3) is 0 Å². The number of nitrogens with zero attached hydrogens (tertiary/aromatic N) is 2. The standard InChI is InChI=1S/C14H27N3O/c1-3-7-15-13-6-9-17(14(13)18)11-12-5-4-8-16(2)10-12/h12-13,15H,3-11H2,1-2H3. The van der Waals surface area contributed by atoms with Crippen molar-refractivity contribution < 1.29 is 4.79 Å². The Kier molecular flexibility index (Phi) is 5.01. The van der Waals surface area contributed by atoms with Crippen molar-refractivity contribution in [3.05, 3.63) is 0 Å². The maximum Gasteiger partial charge on any atom is 0.239 e. The topological polar surface area (TPSA) is 35.6 Å². The second-order valence-corrected chi connectivity index (χ2v) is 5.85. The van der Waals surface area contributed by atoms with E-state index in [0.29, 0.717) is 11.8 Å². The average molecular weight is 253 g/mol. The molecule has 0 aromatic carbocycles. The number of rotatable bonds is 5. The molecule has 2 aliphatic heterocycles. The number of carbonyl (C=O) groups excluding carboxylic acids is 1. The summed E-state index contributed by atoms with van der Waals surface area (Å²) in [5, 5.41) is 3.36. The van der Waals surface area contributed by atoms with E-state index in [0.717, 1.165) is 39.0 Å². The van der Waals surface area contributed by atoms with E-state index >= 15 is 0 Å². The quantitative estimate of drug-likeness (QED) is 0.792. The predicted molar refractivity (Wildman–Crippen MR) is 73.5 cm³/mol. The number of hydrogen-bond acceptors (Lipinski definition) is 3. The van der Waals surface area contributed by atoms with Crippen LogP contribution in [0.3, 0.4) is 0 Å². The van der Waals surface area contributed by atoms with Gasteiger partial charge in [0.1, 0.15) is 0 Å². The lowest BCUT2D eigenvalue weighted by atomic mass is 9.98. The van der Waals surface area contributed by atoms with Gasteiger partial charge in [0.2, 0.25) is 5.91 Å². The first-order valence-electron chi connectivity index (χ1n) is 7.41. The lowest BCUT2D eigenvalue weighted by Crippen LogP contribution is -2.43. The molecule has 4 heteroatoms. The van der Waals surface area contributed by atoms with Gasteiger partial charge in [0, 0.05) is 19.6 Å². The van der Waals surface area contributed by atoms with Gasteiger partial charge in [-0.25, -0.2) is 0 Å². The minimum atomic E-state index is 0.0891. The van der Waals surface area contributed by atoms with E-state index in [-0.39, 0.29) is 6.04 Å². The highest BCUT2D eigenvalue weighted by Gasteiger charge is 2.32. The Morgan fingerprint density at radius 1 is 1.33 bits per heavy atom. The van der Waals surface area contributed by atoms with Crippen LogP contribution < -0.4 is 5.32 Å². The van der Waals surface area contributed by atoms with Gasteiger partial charge in [-0.1, -0.05) is 6.92 Å². The van der Waals surface area contributed by atoms with Crippen molar-refractivity contribution in [2.45, 2.75) is 38.6 Å². The Balaban J connectivity index is 1.78. The molecule has 18 heavy (non-hydrogen) atoms. The van der Waals surface area contributed by atoms with Gasteiger partial charge in [0.15, 0.2) is 0 Å². The zero-order valence-corrected chi connectivity index (χ0v) is 11.8. The van der Waals surface area contributed by atoms with Gasteiger partial charge < -0.3 is 15.1 Å². The van der Waals surface area contributed by atoms with Crippen LogP contribution in [0, 0.1) is 5.92 Å². The molecule has 2 aliphatic rings. The third-order valence-corrected chi connectivity index (χ3v) is 4.14. The van der Waals surface area contributed by atoms with Gasteiger partial charge in [-0.15, -0.1) is 0 Å². The Labute approximate surface area is 111 Å². The second-order valence-electron chi connectivity index (χ2n) is 5.85. The molecular formula is C14H27N3O. The van der Waals surface area contributed by atoms with Crippen LogP contribution in [0.2, 0.25) is 0 Å². The first kappa shape index (κ1) is 13.8. The molecule has 2 fully saturated rings. The van der Waals surface area contributed by atoms with Gasteiger partial charge in [0.05, 0.1) is 6.04 Å². The molecule has 0 aliphatic carbocycles. The maximum atomic E-state index is 12.2. The number of piperidine rings is 1. The molecule has 1 N–H and O–H groups in total. The van der Waals surface area contributed by atoms with Crippen molar-refractivity contribution in [1.29, 1.82) is 0 Å². The number of amides is 1. The lowest BCUT2D eigenvalue weighted by molar-refractivity contribution is -0.130. The molecule has 0 radical (unpaired) electrons. The highest BCUT2D eigenvalue weighted by molar-refractivity contribution is 5.83. The Hall–Kier alpha value is -0.610. The Morgan fingerprint density at radius 3 is 2.89 bits per heavy atom. The van der Waals surface area contributed by atoms with Gasteiger partial charge in [-0.3, -0.25) is 4.79 Å². The molecule has 2 heterocycles. The molecule has 2 rings (SSSR count). The molecule has 4 nitrogen and oxygen atoms in total. The highest BCUT2D eigenvalue weighted by atomic mass is 16.2. The maximum absolute atomic E-state index is 12.2. The van der Waals surface area contributed by atoms with Crippen molar-refractivity contribution in [2.75, 3.05) is 39.8 Å². The summed E-state index contributed by atoms with van der Waals surface area (Å²) in [4.78, 5) is 16.7. The third kappa shape index (κ3) is 3.45. The fourth-order valence-corrected chi connectivity index (χ4v) is 3.16. The second kappa shape index (κ2) is 6.53. The number of carbonyl (C=O) groups is 1. The van der Waals surface area contributed by atoms with Crippen LogP contribution in [0.5, 0.6) is 0 Å². The van der Waals surface area contributed by atoms with E-state index < -0.39 is 0 Å². The molecule has 2 saturated heterocycles. The summed E-state index contributed by atoms with van der Waals surface area (Å²) in [6.45, 7) is 7.37. The summed E-state index contributed by atoms with van der Waals surface area (Å²) >= 11 is 0. The van der Waals surface area contributed by atoms with Crippen LogP contribution in [0.25, 0.3) is 0 Å². The number of likely N-dealkylation sites (tertiary alicyclic amines) is 2. The molecule has 104 valence electrons. The van der Waals surface area contributed by atoms with E-state index in [9.17, 15) is 4.79 Å². The minimum Gasteiger partial charge on any atom is -0.341 e. The molecule has 1 amide bonds. The normalized spacial score (nSPS) is 30.1. The fraction of sp³-hybridized carbons (Fsp3) is 0.929. The smallest absolute Gasteiger partial charge is 0.239 e. The summed E-state index contributed by atoms with van der Waals surface area (Å²) in [5.74, 6) is 1.01. The summed E-state index contributed by atoms with van der Waals surface area (Å²) in [6.07, 6.45) is 4.64. The van der Waals surface area contributed by atoms with E-state index in [4.69, 9.17) is 0 Å². The zero-order chi connectivity index (χ0) is 13.0. The molecule has 2 unspecified atom stereocenters. The fourth-order valence-electron chi connectivity index (χ4n) is 3.16. The molecule has 0 aromatic rings. The van der Waals surface area contributed by atoms with E-state index in [1.54, 1.807) is 0 Å². The Bertz CT molecular complexity index is 282. The zero-order valence-electron chi connectivity index (χ0n) is 11.8. The van der Waals surface area contributed by atoms with Crippen molar-refractivity contribution in [3.63, 3.8) is 0 Å². The van der Waals surface area contributed by atoms with E-state index in [2.05, 4.69) is 29.1 Å². The van der Waals surface area contributed by atoms with Gasteiger partial charge >= 0.3 is 0 Å². The van der Waals surface area contributed by atoms with Crippen molar-refractivity contribution in [3.8, 4) is 0 Å². The van der Waals surface area contributed by atoms with Gasteiger partial charge in [-0.05, 0) is 51.7 Å². The van der Waals surface area contributed by atoms with Crippen molar-refractivity contribution in [1.82, 2.24) is 15.1 Å². The molecule has 0 spiro atoms. The van der Waals surface area contributed by atoms with Crippen LogP contribution in [-0.2, 0) is 4.79 Å². The van der Waals surface area contributed by atoms with Crippen LogP contribution in [0.1, 0.15) is 32.6 Å². The molecule has 0 aromatic heterocycles. The molecular weight excluding hydrogens is 226 g/mol. The predicted octanol–water partition coefficient (Wildman–Crippen LogP) is 0.929. The summed E-state index contributed by atoms with van der Waals surface area (Å²) in [5.41, 5.74) is 0. The van der Waals surface area contributed by atoms with Crippen LogP contribution >= 0.6 is 0 Å². The van der Waals surface area contributed by atoms with Crippen LogP contribution in [-0.4, -0.2) is 61.5 Å². The van der Waals surface area contributed by atoms with Crippen molar-refractivity contribution in [2.24, 2.45) is 5.92 Å². The highest BCUT2D eigenvalue weighted by Crippen LogP contribution is 2.19.